The fourth-order valence-corrected chi connectivity index (χ4v) is 3.23. The third kappa shape index (κ3) is 6.82. The predicted octanol–water partition coefficient (Wildman–Crippen LogP) is 1.59. The largest absolute Gasteiger partial charge is 0.484 e. The number of likely N-dealkylation sites (N-methyl/N-ethyl adjacent to an activating group) is 1. The molecule has 148 valence electrons. The van der Waals surface area contributed by atoms with Gasteiger partial charge in [-0.3, -0.25) is 4.79 Å². The van der Waals surface area contributed by atoms with Gasteiger partial charge in [-0.1, -0.05) is 12.1 Å². The number of benzene rings is 1. The van der Waals surface area contributed by atoms with E-state index in [9.17, 15) is 9.90 Å². The number of aromatic nitrogens is 1. The van der Waals surface area contributed by atoms with Crippen LogP contribution < -0.4 is 20.3 Å². The molecule has 0 fully saturated rings. The highest BCUT2D eigenvalue weighted by molar-refractivity contribution is 7.13. The van der Waals surface area contributed by atoms with Gasteiger partial charge in [-0.2, -0.15) is 0 Å². The van der Waals surface area contributed by atoms with Gasteiger partial charge in [-0.15, -0.1) is 11.3 Å². The van der Waals surface area contributed by atoms with Crippen molar-refractivity contribution in [1.82, 2.24) is 15.6 Å². The standard InChI is InChI=1S/C19H28N4O3S/c1-13(21-10-17(24)16-12-27-19(22-16)23(3)4)9-14-5-7-15(8-6-14)26-11-18(25)20-2/h5-8,12-13,17,21,24H,9-11H2,1-4H3,(H,20,25). The van der Waals surface area contributed by atoms with Gasteiger partial charge in [-0.25, -0.2) is 4.98 Å². The van der Waals surface area contributed by atoms with E-state index in [4.69, 9.17) is 4.74 Å². The summed E-state index contributed by atoms with van der Waals surface area (Å²) >= 11 is 1.52. The highest BCUT2D eigenvalue weighted by Crippen LogP contribution is 2.22. The summed E-state index contributed by atoms with van der Waals surface area (Å²) in [7, 11) is 5.45. The highest BCUT2D eigenvalue weighted by Gasteiger charge is 2.14. The Morgan fingerprint density at radius 2 is 2.04 bits per heavy atom. The number of nitrogens with zero attached hydrogens (tertiary/aromatic N) is 2. The molecule has 0 spiro atoms. The van der Waals surface area contributed by atoms with E-state index in [1.807, 2.05) is 48.6 Å². The Bertz CT molecular complexity index is 718. The Morgan fingerprint density at radius 3 is 2.63 bits per heavy atom. The average molecular weight is 393 g/mol. The Morgan fingerprint density at radius 1 is 1.33 bits per heavy atom. The van der Waals surface area contributed by atoms with Gasteiger partial charge in [0.15, 0.2) is 11.7 Å². The maximum absolute atomic E-state index is 11.2. The number of ether oxygens (including phenoxy) is 1. The highest BCUT2D eigenvalue weighted by atomic mass is 32.1. The summed E-state index contributed by atoms with van der Waals surface area (Å²) in [6.45, 7) is 2.54. The van der Waals surface area contributed by atoms with Crippen molar-refractivity contribution in [1.29, 1.82) is 0 Å². The van der Waals surface area contributed by atoms with Crippen molar-refractivity contribution in [3.63, 3.8) is 0 Å². The van der Waals surface area contributed by atoms with Crippen molar-refractivity contribution < 1.29 is 14.6 Å². The first-order valence-electron chi connectivity index (χ1n) is 8.85. The van der Waals surface area contributed by atoms with Crippen molar-refractivity contribution in [2.45, 2.75) is 25.5 Å². The summed E-state index contributed by atoms with van der Waals surface area (Å²) in [6, 6.07) is 7.88. The zero-order valence-corrected chi connectivity index (χ0v) is 17.0. The Balaban J connectivity index is 1.77. The van der Waals surface area contributed by atoms with Crippen LogP contribution in [0.3, 0.4) is 0 Å². The first-order chi connectivity index (χ1) is 12.9. The zero-order chi connectivity index (χ0) is 19.8. The third-order valence-corrected chi connectivity index (χ3v) is 5.03. The molecule has 3 N–H and O–H groups in total. The fourth-order valence-electron chi connectivity index (χ4n) is 2.42. The van der Waals surface area contributed by atoms with Crippen LogP contribution in [0.15, 0.2) is 29.6 Å². The van der Waals surface area contributed by atoms with Gasteiger partial charge < -0.3 is 25.4 Å². The Kier molecular flexibility index (Phi) is 8.02. The second-order valence-corrected chi connectivity index (χ2v) is 7.42. The van der Waals surface area contributed by atoms with E-state index in [2.05, 4.69) is 22.5 Å². The number of anilines is 1. The summed E-state index contributed by atoms with van der Waals surface area (Å²) in [5.41, 5.74) is 1.85. The molecule has 1 amide bonds. The first kappa shape index (κ1) is 21.1. The molecular formula is C19H28N4O3S. The van der Waals surface area contributed by atoms with Gasteiger partial charge >= 0.3 is 0 Å². The van der Waals surface area contributed by atoms with Gasteiger partial charge in [0.05, 0.1) is 5.69 Å². The molecule has 0 aliphatic heterocycles. The van der Waals surface area contributed by atoms with Crippen molar-refractivity contribution in [2.24, 2.45) is 0 Å². The van der Waals surface area contributed by atoms with Gasteiger partial charge in [0.2, 0.25) is 0 Å². The Labute approximate surface area is 164 Å². The number of rotatable bonds is 10. The molecule has 1 heterocycles. The number of aliphatic hydroxyl groups is 1. The molecule has 1 aromatic carbocycles. The molecule has 8 heteroatoms. The van der Waals surface area contributed by atoms with Crippen LogP contribution in [0, 0.1) is 0 Å². The summed E-state index contributed by atoms with van der Waals surface area (Å²) in [6.07, 6.45) is 0.195. The van der Waals surface area contributed by atoms with Crippen LogP contribution in [0.1, 0.15) is 24.3 Å². The lowest BCUT2D eigenvalue weighted by Gasteiger charge is -2.16. The van der Waals surface area contributed by atoms with Gasteiger partial charge in [-0.05, 0) is 31.0 Å². The molecule has 7 nitrogen and oxygen atoms in total. The smallest absolute Gasteiger partial charge is 0.257 e. The quantitative estimate of drug-likeness (QED) is 0.569. The molecule has 2 atom stereocenters. The molecule has 2 rings (SSSR count). The number of hydrogen-bond acceptors (Lipinski definition) is 7. The molecule has 0 aliphatic rings. The van der Waals surface area contributed by atoms with Crippen LogP contribution in [-0.4, -0.2) is 56.3 Å². The summed E-state index contributed by atoms with van der Waals surface area (Å²) < 4.78 is 5.40. The number of aliphatic hydroxyl groups excluding tert-OH is 1. The molecule has 0 saturated carbocycles. The number of nitrogens with one attached hydrogen (secondary N) is 2. The maximum atomic E-state index is 11.2. The average Bonchev–Trinajstić information content (AvgIpc) is 3.16. The molecule has 2 aromatic rings. The van der Waals surface area contributed by atoms with Crippen molar-refractivity contribution in [2.75, 3.05) is 39.2 Å². The van der Waals surface area contributed by atoms with E-state index in [0.717, 1.165) is 17.1 Å². The summed E-state index contributed by atoms with van der Waals surface area (Å²) in [4.78, 5) is 17.5. The van der Waals surface area contributed by atoms with Gasteiger partial charge in [0.25, 0.3) is 5.91 Å². The van der Waals surface area contributed by atoms with E-state index >= 15 is 0 Å². The van der Waals surface area contributed by atoms with Crippen LogP contribution in [0.5, 0.6) is 5.75 Å². The number of carbonyl (C=O) groups is 1. The molecule has 27 heavy (non-hydrogen) atoms. The number of amides is 1. The minimum Gasteiger partial charge on any atom is -0.484 e. The minimum absolute atomic E-state index is 0.0118. The molecule has 0 bridgehead atoms. The molecule has 0 radical (unpaired) electrons. The maximum Gasteiger partial charge on any atom is 0.257 e. The van der Waals surface area contributed by atoms with E-state index in [1.54, 1.807) is 7.05 Å². The van der Waals surface area contributed by atoms with Crippen LogP contribution in [-0.2, 0) is 11.2 Å². The topological polar surface area (TPSA) is 86.7 Å². The lowest BCUT2D eigenvalue weighted by molar-refractivity contribution is -0.122. The Hall–Kier alpha value is -2.16. The van der Waals surface area contributed by atoms with E-state index in [-0.39, 0.29) is 18.6 Å². The zero-order valence-electron chi connectivity index (χ0n) is 16.2. The summed E-state index contributed by atoms with van der Waals surface area (Å²) in [5.74, 6) is 0.506. The summed E-state index contributed by atoms with van der Waals surface area (Å²) in [5, 5.41) is 18.9. The number of thiazole rings is 1. The van der Waals surface area contributed by atoms with Crippen LogP contribution in [0.25, 0.3) is 0 Å². The molecular weight excluding hydrogens is 364 g/mol. The van der Waals surface area contributed by atoms with Gasteiger partial charge in [0.1, 0.15) is 11.9 Å². The second-order valence-electron chi connectivity index (χ2n) is 6.58. The lowest BCUT2D eigenvalue weighted by Crippen LogP contribution is -2.32. The molecule has 0 saturated heterocycles. The van der Waals surface area contributed by atoms with E-state index < -0.39 is 6.10 Å². The second kappa shape index (κ2) is 10.2. The van der Waals surface area contributed by atoms with Crippen LogP contribution in [0.4, 0.5) is 5.13 Å². The van der Waals surface area contributed by atoms with Crippen LogP contribution in [0.2, 0.25) is 0 Å². The van der Waals surface area contributed by atoms with Crippen molar-refractivity contribution >= 4 is 22.4 Å². The fraction of sp³-hybridized carbons (Fsp3) is 0.474. The SMILES string of the molecule is CNC(=O)COc1ccc(CC(C)NCC(O)c2csc(N(C)C)n2)cc1. The van der Waals surface area contributed by atoms with Crippen LogP contribution >= 0.6 is 11.3 Å². The monoisotopic (exact) mass is 392 g/mol. The molecule has 1 aromatic heterocycles. The molecule has 0 aliphatic carbocycles. The minimum atomic E-state index is -0.627. The number of carbonyl (C=O) groups excluding carboxylic acids is 1. The first-order valence-corrected chi connectivity index (χ1v) is 9.73. The third-order valence-electron chi connectivity index (χ3n) is 4.01. The lowest BCUT2D eigenvalue weighted by atomic mass is 10.1. The predicted molar refractivity (Wildman–Crippen MR) is 109 cm³/mol. The molecule has 2 unspecified atom stereocenters. The van der Waals surface area contributed by atoms with Crippen molar-refractivity contribution in [3.05, 3.63) is 40.9 Å². The van der Waals surface area contributed by atoms with E-state index in [0.29, 0.717) is 18.0 Å². The number of hydrogen-bond donors (Lipinski definition) is 3. The van der Waals surface area contributed by atoms with Gasteiger partial charge in [0, 0.05) is 39.1 Å². The normalized spacial score (nSPS) is 13.1. The van der Waals surface area contributed by atoms with E-state index in [1.165, 1.54) is 11.3 Å². The van der Waals surface area contributed by atoms with Crippen molar-refractivity contribution in [3.8, 4) is 5.75 Å².